The Balaban J connectivity index is 1.83. The first-order valence-corrected chi connectivity index (χ1v) is 9.09. The number of unbranched alkanes of at least 4 members (excludes halogenated alkanes) is 1. The molecule has 0 aliphatic heterocycles. The summed E-state index contributed by atoms with van der Waals surface area (Å²) in [5.74, 6) is 1.47. The van der Waals surface area contributed by atoms with E-state index in [1.807, 2.05) is 11.3 Å². The molecule has 2 rings (SSSR count). The molecule has 0 amide bonds. The quantitative estimate of drug-likeness (QED) is 0.506. The van der Waals surface area contributed by atoms with E-state index in [4.69, 9.17) is 4.98 Å². The van der Waals surface area contributed by atoms with Crippen LogP contribution in [0.4, 0.5) is 0 Å². The fourth-order valence-electron chi connectivity index (χ4n) is 2.53. The molecule has 0 aliphatic rings. The third kappa shape index (κ3) is 4.96. The van der Waals surface area contributed by atoms with Gasteiger partial charge in [-0.1, -0.05) is 76.8 Å². The Morgan fingerprint density at radius 1 is 1.05 bits per heavy atom. The molecule has 0 bridgehead atoms. The molecule has 0 spiro atoms. The SMILES string of the molecule is CCC(C)CCCCC(C)c1nc(-c2ccccc2)cs1. The molecule has 0 N–H and O–H groups in total. The van der Waals surface area contributed by atoms with Crippen LogP contribution in [0, 0.1) is 5.92 Å². The van der Waals surface area contributed by atoms with Gasteiger partial charge in [0.05, 0.1) is 10.7 Å². The summed E-state index contributed by atoms with van der Waals surface area (Å²) in [6.45, 7) is 6.96. The van der Waals surface area contributed by atoms with Crippen molar-refractivity contribution in [2.24, 2.45) is 5.92 Å². The Labute approximate surface area is 133 Å². The summed E-state index contributed by atoms with van der Waals surface area (Å²) in [5, 5.41) is 3.48. The standard InChI is InChI=1S/C19H27NS/c1-4-15(2)10-8-9-11-16(3)19-20-18(14-21-19)17-12-6-5-7-13-17/h5-7,12-16H,4,8-11H2,1-3H3. The van der Waals surface area contributed by atoms with Crippen molar-refractivity contribution in [1.82, 2.24) is 4.98 Å². The molecule has 1 aromatic heterocycles. The van der Waals surface area contributed by atoms with Crippen LogP contribution in [0.3, 0.4) is 0 Å². The van der Waals surface area contributed by atoms with Gasteiger partial charge in [-0.05, 0) is 12.3 Å². The van der Waals surface area contributed by atoms with Crippen LogP contribution in [0.1, 0.15) is 63.8 Å². The van der Waals surface area contributed by atoms with Gasteiger partial charge in [0.1, 0.15) is 0 Å². The topological polar surface area (TPSA) is 12.9 Å². The van der Waals surface area contributed by atoms with Gasteiger partial charge in [0, 0.05) is 16.9 Å². The van der Waals surface area contributed by atoms with Gasteiger partial charge < -0.3 is 0 Å². The van der Waals surface area contributed by atoms with Gasteiger partial charge in [0.15, 0.2) is 0 Å². The Morgan fingerprint density at radius 2 is 1.76 bits per heavy atom. The smallest absolute Gasteiger partial charge is 0.0960 e. The number of thiazole rings is 1. The molecular formula is C19H27NS. The van der Waals surface area contributed by atoms with Crippen molar-refractivity contribution in [3.05, 3.63) is 40.7 Å². The second kappa shape index (κ2) is 8.33. The third-order valence-electron chi connectivity index (χ3n) is 4.29. The zero-order valence-electron chi connectivity index (χ0n) is 13.5. The van der Waals surface area contributed by atoms with Crippen LogP contribution >= 0.6 is 11.3 Å². The average molecular weight is 301 g/mol. The highest BCUT2D eigenvalue weighted by Crippen LogP contribution is 2.29. The molecule has 1 heterocycles. The second-order valence-electron chi connectivity index (χ2n) is 6.14. The minimum absolute atomic E-state index is 0.587. The molecule has 21 heavy (non-hydrogen) atoms. The number of hydrogen-bond donors (Lipinski definition) is 0. The summed E-state index contributed by atoms with van der Waals surface area (Å²) in [4.78, 5) is 4.83. The maximum atomic E-state index is 4.83. The zero-order chi connectivity index (χ0) is 15.1. The molecule has 0 saturated carbocycles. The predicted molar refractivity (Wildman–Crippen MR) is 93.9 cm³/mol. The van der Waals surface area contributed by atoms with Crippen molar-refractivity contribution in [3.63, 3.8) is 0 Å². The first-order chi connectivity index (χ1) is 10.2. The van der Waals surface area contributed by atoms with E-state index in [0.717, 1.165) is 11.6 Å². The Hall–Kier alpha value is -1.15. The van der Waals surface area contributed by atoms with E-state index < -0.39 is 0 Å². The van der Waals surface area contributed by atoms with Crippen LogP contribution in [0.2, 0.25) is 0 Å². The van der Waals surface area contributed by atoms with E-state index >= 15 is 0 Å². The van der Waals surface area contributed by atoms with E-state index in [9.17, 15) is 0 Å². The summed E-state index contributed by atoms with van der Waals surface area (Å²) in [5.41, 5.74) is 2.35. The molecule has 2 heteroatoms. The van der Waals surface area contributed by atoms with Gasteiger partial charge >= 0.3 is 0 Å². The average Bonchev–Trinajstić information content (AvgIpc) is 3.02. The fourth-order valence-corrected chi connectivity index (χ4v) is 3.45. The molecule has 1 aromatic carbocycles. The molecule has 0 fully saturated rings. The van der Waals surface area contributed by atoms with Crippen molar-refractivity contribution in [1.29, 1.82) is 0 Å². The molecular weight excluding hydrogens is 274 g/mol. The lowest BCUT2D eigenvalue weighted by Crippen LogP contribution is -1.96. The third-order valence-corrected chi connectivity index (χ3v) is 5.37. The van der Waals surface area contributed by atoms with Gasteiger partial charge in [-0.25, -0.2) is 4.98 Å². The minimum atomic E-state index is 0.587. The number of aromatic nitrogens is 1. The van der Waals surface area contributed by atoms with E-state index in [1.165, 1.54) is 42.7 Å². The summed E-state index contributed by atoms with van der Waals surface area (Å²) in [6.07, 6.45) is 6.62. The summed E-state index contributed by atoms with van der Waals surface area (Å²) < 4.78 is 0. The number of rotatable bonds is 8. The highest BCUT2D eigenvalue weighted by Gasteiger charge is 2.11. The molecule has 2 unspecified atom stereocenters. The van der Waals surface area contributed by atoms with E-state index in [1.54, 1.807) is 0 Å². The molecule has 2 atom stereocenters. The maximum absolute atomic E-state index is 4.83. The van der Waals surface area contributed by atoms with E-state index in [0.29, 0.717) is 5.92 Å². The summed E-state index contributed by atoms with van der Waals surface area (Å²) >= 11 is 1.81. The van der Waals surface area contributed by atoms with Gasteiger partial charge in [-0.3, -0.25) is 0 Å². The highest BCUT2D eigenvalue weighted by atomic mass is 32.1. The fraction of sp³-hybridized carbons (Fsp3) is 0.526. The van der Waals surface area contributed by atoms with Crippen molar-refractivity contribution < 1.29 is 0 Å². The summed E-state index contributed by atoms with van der Waals surface area (Å²) in [6, 6.07) is 10.5. The molecule has 1 nitrogen and oxygen atoms in total. The van der Waals surface area contributed by atoms with Crippen LogP contribution in [0.25, 0.3) is 11.3 Å². The first-order valence-electron chi connectivity index (χ1n) is 8.21. The highest BCUT2D eigenvalue weighted by molar-refractivity contribution is 7.10. The van der Waals surface area contributed by atoms with Crippen molar-refractivity contribution in [2.75, 3.05) is 0 Å². The lowest BCUT2D eigenvalue weighted by atomic mass is 9.98. The molecule has 0 aliphatic carbocycles. The van der Waals surface area contributed by atoms with E-state index in [2.05, 4.69) is 56.5 Å². The largest absolute Gasteiger partial charge is 0.241 e. The summed E-state index contributed by atoms with van der Waals surface area (Å²) in [7, 11) is 0. The van der Waals surface area contributed by atoms with Gasteiger partial charge in [0.2, 0.25) is 0 Å². The maximum Gasteiger partial charge on any atom is 0.0960 e. The second-order valence-corrected chi connectivity index (χ2v) is 7.03. The van der Waals surface area contributed by atoms with Crippen LogP contribution in [0.5, 0.6) is 0 Å². The van der Waals surface area contributed by atoms with Crippen molar-refractivity contribution in [2.45, 2.75) is 58.8 Å². The number of nitrogens with zero attached hydrogens (tertiary/aromatic N) is 1. The Bertz CT molecular complexity index is 517. The predicted octanol–water partition coefficient (Wildman–Crippen LogP) is 6.52. The van der Waals surface area contributed by atoms with E-state index in [-0.39, 0.29) is 0 Å². The molecule has 0 saturated heterocycles. The Kier molecular flexibility index (Phi) is 6.44. The zero-order valence-corrected chi connectivity index (χ0v) is 14.3. The minimum Gasteiger partial charge on any atom is -0.241 e. The number of benzene rings is 1. The van der Waals surface area contributed by atoms with Crippen LogP contribution in [-0.2, 0) is 0 Å². The molecule has 0 radical (unpaired) electrons. The molecule has 2 aromatic rings. The Morgan fingerprint density at radius 3 is 2.48 bits per heavy atom. The monoisotopic (exact) mass is 301 g/mol. The first kappa shape index (κ1) is 16.2. The van der Waals surface area contributed by atoms with Crippen molar-refractivity contribution >= 4 is 11.3 Å². The normalized spacial score (nSPS) is 14.0. The van der Waals surface area contributed by atoms with Crippen LogP contribution < -0.4 is 0 Å². The van der Waals surface area contributed by atoms with Crippen LogP contribution in [0.15, 0.2) is 35.7 Å². The van der Waals surface area contributed by atoms with Gasteiger partial charge in [-0.15, -0.1) is 11.3 Å². The molecule has 114 valence electrons. The van der Waals surface area contributed by atoms with Crippen molar-refractivity contribution in [3.8, 4) is 11.3 Å². The van der Waals surface area contributed by atoms with Gasteiger partial charge in [0.25, 0.3) is 0 Å². The lowest BCUT2D eigenvalue weighted by molar-refractivity contribution is 0.469. The van der Waals surface area contributed by atoms with Crippen LogP contribution in [-0.4, -0.2) is 4.98 Å². The number of hydrogen-bond acceptors (Lipinski definition) is 2. The van der Waals surface area contributed by atoms with Gasteiger partial charge in [-0.2, -0.15) is 0 Å². The lowest BCUT2D eigenvalue weighted by Gasteiger charge is -2.10.